The predicted molar refractivity (Wildman–Crippen MR) is 86.2 cm³/mol. The topological polar surface area (TPSA) is 38.5 Å². The van der Waals surface area contributed by atoms with Crippen LogP contribution in [-0.4, -0.2) is 37.7 Å². The van der Waals surface area contributed by atoms with Crippen molar-refractivity contribution in [3.63, 3.8) is 0 Å². The molecule has 2 N–H and O–H groups in total. The van der Waals surface area contributed by atoms with Gasteiger partial charge >= 0.3 is 0 Å². The third kappa shape index (κ3) is 6.40. The maximum absolute atomic E-state index is 5.80. The molecule has 3 heteroatoms. The fourth-order valence-electron chi connectivity index (χ4n) is 2.20. The molecule has 0 aliphatic rings. The number of hydrogen-bond donors (Lipinski definition) is 1. The van der Waals surface area contributed by atoms with Crippen molar-refractivity contribution in [3.05, 3.63) is 29.8 Å². The number of benzene rings is 1. The molecule has 0 spiro atoms. The lowest BCUT2D eigenvalue weighted by Crippen LogP contribution is -2.39. The molecule has 0 unspecified atom stereocenters. The number of rotatable bonds is 9. The summed E-state index contributed by atoms with van der Waals surface area (Å²) in [5.74, 6) is 0.968. The summed E-state index contributed by atoms with van der Waals surface area (Å²) in [6, 6.07) is 8.21. The van der Waals surface area contributed by atoms with Gasteiger partial charge in [0.15, 0.2) is 0 Å². The fraction of sp³-hybridized carbons (Fsp3) is 0.647. The molecular formula is C17H30N2O. The van der Waals surface area contributed by atoms with Crippen molar-refractivity contribution in [3.8, 4) is 5.75 Å². The minimum atomic E-state index is 0.188. The molecule has 0 aliphatic carbocycles. The molecule has 114 valence electrons. The summed E-state index contributed by atoms with van der Waals surface area (Å²) < 4.78 is 5.79. The van der Waals surface area contributed by atoms with Crippen LogP contribution in [0.25, 0.3) is 0 Å². The van der Waals surface area contributed by atoms with Crippen LogP contribution < -0.4 is 10.5 Å². The van der Waals surface area contributed by atoms with E-state index >= 15 is 0 Å². The van der Waals surface area contributed by atoms with E-state index in [1.54, 1.807) is 0 Å². The Balaban J connectivity index is 2.28. The van der Waals surface area contributed by atoms with Crippen LogP contribution in [0.5, 0.6) is 5.75 Å². The molecule has 0 radical (unpaired) electrons. The van der Waals surface area contributed by atoms with E-state index in [0.717, 1.165) is 45.0 Å². The highest BCUT2D eigenvalue weighted by Gasteiger charge is 2.18. The van der Waals surface area contributed by atoms with Crippen molar-refractivity contribution in [2.45, 2.75) is 34.1 Å². The zero-order valence-electron chi connectivity index (χ0n) is 13.5. The molecule has 0 bridgehead atoms. The second-order valence-corrected chi connectivity index (χ2v) is 6.26. The first-order valence-electron chi connectivity index (χ1n) is 7.59. The van der Waals surface area contributed by atoms with Crippen molar-refractivity contribution in [1.82, 2.24) is 4.90 Å². The molecule has 0 amide bonds. The predicted octanol–water partition coefficient (Wildman–Crippen LogP) is 3.07. The van der Waals surface area contributed by atoms with Crippen LogP contribution in [0.3, 0.4) is 0 Å². The molecular weight excluding hydrogens is 248 g/mol. The summed E-state index contributed by atoms with van der Waals surface area (Å²) >= 11 is 0. The van der Waals surface area contributed by atoms with Crippen molar-refractivity contribution in [2.75, 3.05) is 32.8 Å². The van der Waals surface area contributed by atoms with Crippen LogP contribution in [-0.2, 0) is 0 Å². The Labute approximate surface area is 124 Å². The zero-order valence-corrected chi connectivity index (χ0v) is 13.5. The van der Waals surface area contributed by atoms with E-state index in [4.69, 9.17) is 10.5 Å². The molecule has 3 nitrogen and oxygen atoms in total. The first kappa shape index (κ1) is 17.0. The Morgan fingerprint density at radius 1 is 1.30 bits per heavy atom. The SMILES string of the molecule is CCN(CCCOc1cccc(C)c1)CC(C)(C)CN. The van der Waals surface area contributed by atoms with Gasteiger partial charge < -0.3 is 15.4 Å². The van der Waals surface area contributed by atoms with E-state index in [2.05, 4.69) is 44.7 Å². The summed E-state index contributed by atoms with van der Waals surface area (Å²) in [4.78, 5) is 2.45. The average Bonchev–Trinajstić information content (AvgIpc) is 2.42. The standard InChI is InChI=1S/C17H30N2O/c1-5-19(14-17(3,4)13-18)10-7-11-20-16-9-6-8-15(2)12-16/h6,8-9,12H,5,7,10-11,13-14,18H2,1-4H3. The molecule has 0 atom stereocenters. The number of aryl methyl sites for hydroxylation is 1. The number of nitrogens with two attached hydrogens (primary N) is 1. The molecule has 0 saturated heterocycles. The second kappa shape index (κ2) is 8.28. The van der Waals surface area contributed by atoms with Crippen LogP contribution in [0, 0.1) is 12.3 Å². The van der Waals surface area contributed by atoms with Crippen LogP contribution in [0.1, 0.15) is 32.8 Å². The summed E-state index contributed by atoms with van der Waals surface area (Å²) in [7, 11) is 0. The molecule has 1 rings (SSSR count). The van der Waals surface area contributed by atoms with Crippen LogP contribution in [0.4, 0.5) is 0 Å². The third-order valence-corrected chi connectivity index (χ3v) is 3.53. The van der Waals surface area contributed by atoms with Gasteiger partial charge in [0.1, 0.15) is 5.75 Å². The number of hydrogen-bond acceptors (Lipinski definition) is 3. The Kier molecular flexibility index (Phi) is 7.03. The van der Waals surface area contributed by atoms with Gasteiger partial charge in [0.2, 0.25) is 0 Å². The molecule has 0 fully saturated rings. The lowest BCUT2D eigenvalue weighted by Gasteiger charge is -2.31. The Morgan fingerprint density at radius 2 is 2.05 bits per heavy atom. The maximum atomic E-state index is 5.80. The molecule has 1 aromatic carbocycles. The second-order valence-electron chi connectivity index (χ2n) is 6.26. The maximum Gasteiger partial charge on any atom is 0.119 e. The van der Waals surface area contributed by atoms with E-state index in [1.165, 1.54) is 5.56 Å². The normalized spacial score (nSPS) is 11.9. The van der Waals surface area contributed by atoms with Gasteiger partial charge in [0.25, 0.3) is 0 Å². The van der Waals surface area contributed by atoms with Crippen molar-refractivity contribution < 1.29 is 4.74 Å². The molecule has 0 aromatic heterocycles. The first-order chi connectivity index (χ1) is 9.46. The lowest BCUT2D eigenvalue weighted by molar-refractivity contribution is 0.176. The minimum Gasteiger partial charge on any atom is -0.494 e. The summed E-state index contributed by atoms with van der Waals surface area (Å²) in [5, 5.41) is 0. The van der Waals surface area contributed by atoms with E-state index < -0.39 is 0 Å². The molecule has 0 aliphatic heterocycles. The van der Waals surface area contributed by atoms with Gasteiger partial charge in [-0.25, -0.2) is 0 Å². The quantitative estimate of drug-likeness (QED) is 0.706. The fourth-order valence-corrected chi connectivity index (χ4v) is 2.20. The number of ether oxygens (including phenoxy) is 1. The molecule has 1 aromatic rings. The smallest absolute Gasteiger partial charge is 0.119 e. The van der Waals surface area contributed by atoms with Gasteiger partial charge in [-0.05, 0) is 49.5 Å². The monoisotopic (exact) mass is 278 g/mol. The van der Waals surface area contributed by atoms with Gasteiger partial charge in [-0.15, -0.1) is 0 Å². The Hall–Kier alpha value is -1.06. The van der Waals surface area contributed by atoms with Gasteiger partial charge in [-0.3, -0.25) is 0 Å². The zero-order chi connectivity index (χ0) is 15.0. The van der Waals surface area contributed by atoms with E-state index in [-0.39, 0.29) is 5.41 Å². The van der Waals surface area contributed by atoms with E-state index in [1.807, 2.05) is 12.1 Å². The largest absolute Gasteiger partial charge is 0.494 e. The van der Waals surface area contributed by atoms with Crippen molar-refractivity contribution in [1.29, 1.82) is 0 Å². The molecule has 20 heavy (non-hydrogen) atoms. The highest BCUT2D eigenvalue weighted by Crippen LogP contribution is 2.15. The van der Waals surface area contributed by atoms with Gasteiger partial charge in [-0.1, -0.05) is 32.9 Å². The Bertz CT molecular complexity index is 390. The van der Waals surface area contributed by atoms with Crippen LogP contribution in [0.15, 0.2) is 24.3 Å². The molecule has 0 saturated carbocycles. The highest BCUT2D eigenvalue weighted by molar-refractivity contribution is 5.27. The average molecular weight is 278 g/mol. The van der Waals surface area contributed by atoms with Gasteiger partial charge in [0.05, 0.1) is 6.61 Å². The van der Waals surface area contributed by atoms with Gasteiger partial charge in [0, 0.05) is 13.1 Å². The van der Waals surface area contributed by atoms with Gasteiger partial charge in [-0.2, -0.15) is 0 Å². The third-order valence-electron chi connectivity index (χ3n) is 3.53. The first-order valence-corrected chi connectivity index (χ1v) is 7.59. The molecule has 0 heterocycles. The van der Waals surface area contributed by atoms with Crippen molar-refractivity contribution in [2.24, 2.45) is 11.1 Å². The summed E-state index contributed by atoms with van der Waals surface area (Å²) in [6.07, 6.45) is 1.04. The number of nitrogens with zero attached hydrogens (tertiary/aromatic N) is 1. The van der Waals surface area contributed by atoms with Crippen LogP contribution >= 0.6 is 0 Å². The van der Waals surface area contributed by atoms with E-state index in [9.17, 15) is 0 Å². The summed E-state index contributed by atoms with van der Waals surface area (Å²) in [5.41, 5.74) is 7.23. The Morgan fingerprint density at radius 3 is 2.65 bits per heavy atom. The highest BCUT2D eigenvalue weighted by atomic mass is 16.5. The van der Waals surface area contributed by atoms with Crippen molar-refractivity contribution >= 4 is 0 Å². The minimum absolute atomic E-state index is 0.188. The summed E-state index contributed by atoms with van der Waals surface area (Å²) in [6.45, 7) is 13.4. The van der Waals surface area contributed by atoms with E-state index in [0.29, 0.717) is 0 Å². The van der Waals surface area contributed by atoms with Crippen LogP contribution in [0.2, 0.25) is 0 Å². The lowest BCUT2D eigenvalue weighted by atomic mass is 9.93.